The van der Waals surface area contributed by atoms with Crippen LogP contribution in [0, 0.1) is 3.57 Å². The second-order valence-corrected chi connectivity index (χ2v) is 9.38. The highest BCUT2D eigenvalue weighted by atomic mass is 127. The molecule has 2 aromatic carbocycles. The third-order valence-corrected chi connectivity index (χ3v) is 6.46. The Morgan fingerprint density at radius 3 is 2.56 bits per heavy atom. The molecule has 0 bridgehead atoms. The SMILES string of the molecule is O=C(COc1cccc(I)c1)N(c1ccccc1)[C@H]1CCS(=O)(=O)C1. The fourth-order valence-electron chi connectivity index (χ4n) is 2.90. The lowest BCUT2D eigenvalue weighted by molar-refractivity contribution is -0.121. The molecule has 1 aliphatic heterocycles. The summed E-state index contributed by atoms with van der Waals surface area (Å²) in [6.45, 7) is -0.133. The third kappa shape index (κ3) is 4.72. The van der Waals surface area contributed by atoms with Crippen molar-refractivity contribution in [2.24, 2.45) is 0 Å². The largest absolute Gasteiger partial charge is 0.484 e. The number of amides is 1. The highest BCUT2D eigenvalue weighted by Crippen LogP contribution is 2.25. The molecule has 1 saturated heterocycles. The second-order valence-electron chi connectivity index (χ2n) is 5.90. The van der Waals surface area contributed by atoms with E-state index in [1.807, 2.05) is 48.5 Å². The standard InChI is InChI=1S/C18H18INO4S/c19-14-5-4-8-17(11-14)24-12-18(21)20(15-6-2-1-3-7-15)16-9-10-25(22,23)13-16/h1-8,11,16H,9-10,12-13H2/t16-/m0/s1. The van der Waals surface area contributed by atoms with Gasteiger partial charge in [-0.05, 0) is 59.3 Å². The van der Waals surface area contributed by atoms with E-state index in [2.05, 4.69) is 22.6 Å². The van der Waals surface area contributed by atoms with Crippen LogP contribution in [0.3, 0.4) is 0 Å². The van der Waals surface area contributed by atoms with Crippen LogP contribution >= 0.6 is 22.6 Å². The molecule has 7 heteroatoms. The van der Waals surface area contributed by atoms with Crippen molar-refractivity contribution in [2.75, 3.05) is 23.0 Å². The molecule has 3 rings (SSSR count). The maximum Gasteiger partial charge on any atom is 0.265 e. The van der Waals surface area contributed by atoms with Crippen molar-refractivity contribution < 1.29 is 17.9 Å². The molecule has 2 aromatic rings. The molecule has 1 heterocycles. The number of rotatable bonds is 5. The first-order valence-corrected chi connectivity index (χ1v) is 10.8. The molecular formula is C18H18INO4S. The van der Waals surface area contributed by atoms with Gasteiger partial charge in [-0.1, -0.05) is 24.3 Å². The van der Waals surface area contributed by atoms with Crippen LogP contribution in [0.4, 0.5) is 5.69 Å². The summed E-state index contributed by atoms with van der Waals surface area (Å²) >= 11 is 2.18. The summed E-state index contributed by atoms with van der Waals surface area (Å²) < 4.78 is 30.3. The van der Waals surface area contributed by atoms with Crippen LogP contribution in [-0.4, -0.2) is 38.5 Å². The van der Waals surface area contributed by atoms with Gasteiger partial charge >= 0.3 is 0 Å². The van der Waals surface area contributed by atoms with Gasteiger partial charge in [0, 0.05) is 9.26 Å². The van der Waals surface area contributed by atoms with Gasteiger partial charge in [-0.3, -0.25) is 4.79 Å². The summed E-state index contributed by atoms with van der Waals surface area (Å²) in [5.74, 6) is 0.488. The van der Waals surface area contributed by atoms with Gasteiger partial charge in [0.1, 0.15) is 5.75 Å². The molecule has 0 saturated carbocycles. The molecule has 1 atom stereocenters. The van der Waals surface area contributed by atoms with Gasteiger partial charge < -0.3 is 9.64 Å². The van der Waals surface area contributed by atoms with Crippen LogP contribution in [-0.2, 0) is 14.6 Å². The van der Waals surface area contributed by atoms with E-state index in [1.54, 1.807) is 11.0 Å². The van der Waals surface area contributed by atoms with Gasteiger partial charge in [-0.25, -0.2) is 8.42 Å². The molecule has 1 fully saturated rings. The summed E-state index contributed by atoms with van der Waals surface area (Å²) in [6, 6.07) is 16.2. The minimum absolute atomic E-state index is 0.00311. The fourth-order valence-corrected chi connectivity index (χ4v) is 5.11. The van der Waals surface area contributed by atoms with Crippen molar-refractivity contribution in [1.29, 1.82) is 0 Å². The van der Waals surface area contributed by atoms with Crippen molar-refractivity contribution in [3.05, 3.63) is 58.2 Å². The summed E-state index contributed by atoms with van der Waals surface area (Å²) in [4.78, 5) is 14.4. The number of ether oxygens (including phenoxy) is 1. The molecule has 0 radical (unpaired) electrons. The average Bonchev–Trinajstić information content (AvgIpc) is 2.94. The zero-order chi connectivity index (χ0) is 17.9. The number of halogens is 1. The second kappa shape index (κ2) is 7.74. The van der Waals surface area contributed by atoms with Crippen LogP contribution in [0.15, 0.2) is 54.6 Å². The van der Waals surface area contributed by atoms with E-state index in [-0.39, 0.29) is 30.1 Å². The maximum absolute atomic E-state index is 12.8. The molecule has 0 N–H and O–H groups in total. The Morgan fingerprint density at radius 2 is 1.92 bits per heavy atom. The van der Waals surface area contributed by atoms with Crippen LogP contribution in [0.5, 0.6) is 5.75 Å². The zero-order valence-electron chi connectivity index (χ0n) is 13.5. The van der Waals surface area contributed by atoms with Gasteiger partial charge in [0.15, 0.2) is 16.4 Å². The summed E-state index contributed by atoms with van der Waals surface area (Å²) in [5, 5.41) is 0. The first kappa shape index (κ1) is 18.2. The van der Waals surface area contributed by atoms with Gasteiger partial charge in [-0.2, -0.15) is 0 Å². The molecule has 132 valence electrons. The molecular weight excluding hydrogens is 453 g/mol. The molecule has 0 spiro atoms. The zero-order valence-corrected chi connectivity index (χ0v) is 16.4. The number of nitrogens with zero attached hydrogens (tertiary/aromatic N) is 1. The Labute approximate surface area is 161 Å². The number of hydrogen-bond donors (Lipinski definition) is 0. The lowest BCUT2D eigenvalue weighted by atomic mass is 10.2. The van der Waals surface area contributed by atoms with Gasteiger partial charge in [0.25, 0.3) is 5.91 Å². The summed E-state index contributed by atoms with van der Waals surface area (Å²) in [6.07, 6.45) is 0.451. The Bertz CT molecular complexity index is 854. The normalized spacial score (nSPS) is 18.7. The molecule has 0 unspecified atom stereocenters. The van der Waals surface area contributed by atoms with Crippen molar-refractivity contribution in [3.8, 4) is 5.75 Å². The number of hydrogen-bond acceptors (Lipinski definition) is 4. The van der Waals surface area contributed by atoms with E-state index in [1.165, 1.54) is 0 Å². The van der Waals surface area contributed by atoms with E-state index in [9.17, 15) is 13.2 Å². The van der Waals surface area contributed by atoms with E-state index in [0.717, 1.165) is 3.57 Å². The third-order valence-electron chi connectivity index (χ3n) is 4.03. The predicted octanol–water partition coefficient (Wildman–Crippen LogP) is 2.89. The van der Waals surface area contributed by atoms with Crippen LogP contribution in [0.2, 0.25) is 0 Å². The highest BCUT2D eigenvalue weighted by molar-refractivity contribution is 14.1. The molecule has 25 heavy (non-hydrogen) atoms. The number of anilines is 1. The fraction of sp³-hybridized carbons (Fsp3) is 0.278. The Kier molecular flexibility index (Phi) is 5.63. The van der Waals surface area contributed by atoms with E-state index in [0.29, 0.717) is 17.9 Å². The Hall–Kier alpha value is -1.61. The first-order valence-electron chi connectivity index (χ1n) is 7.90. The smallest absolute Gasteiger partial charge is 0.265 e. The molecule has 1 aliphatic rings. The number of carbonyl (C=O) groups is 1. The van der Waals surface area contributed by atoms with Crippen molar-refractivity contribution >= 4 is 44.0 Å². The molecule has 0 aliphatic carbocycles. The van der Waals surface area contributed by atoms with Crippen molar-refractivity contribution in [1.82, 2.24) is 0 Å². The number of para-hydroxylation sites is 1. The lowest BCUT2D eigenvalue weighted by Crippen LogP contribution is -2.43. The topological polar surface area (TPSA) is 63.7 Å². The summed E-state index contributed by atoms with van der Waals surface area (Å²) in [5.41, 5.74) is 0.695. The van der Waals surface area contributed by atoms with Gasteiger partial charge in [0.2, 0.25) is 0 Å². The van der Waals surface area contributed by atoms with Crippen molar-refractivity contribution in [2.45, 2.75) is 12.5 Å². The Morgan fingerprint density at radius 1 is 1.16 bits per heavy atom. The molecule has 0 aromatic heterocycles. The van der Waals surface area contributed by atoms with Crippen molar-refractivity contribution in [3.63, 3.8) is 0 Å². The van der Waals surface area contributed by atoms with E-state index >= 15 is 0 Å². The van der Waals surface area contributed by atoms with Gasteiger partial charge in [0.05, 0.1) is 17.5 Å². The van der Waals surface area contributed by atoms with Crippen LogP contribution < -0.4 is 9.64 Å². The lowest BCUT2D eigenvalue weighted by Gasteiger charge is -2.28. The maximum atomic E-state index is 12.8. The van der Waals surface area contributed by atoms with E-state index in [4.69, 9.17) is 4.74 Å². The monoisotopic (exact) mass is 471 g/mol. The van der Waals surface area contributed by atoms with Crippen LogP contribution in [0.1, 0.15) is 6.42 Å². The summed E-state index contributed by atoms with van der Waals surface area (Å²) in [7, 11) is -3.09. The molecule has 5 nitrogen and oxygen atoms in total. The predicted molar refractivity (Wildman–Crippen MR) is 106 cm³/mol. The minimum Gasteiger partial charge on any atom is -0.484 e. The number of sulfone groups is 1. The number of benzene rings is 2. The average molecular weight is 471 g/mol. The first-order chi connectivity index (χ1) is 11.9. The number of carbonyl (C=O) groups excluding carboxylic acids is 1. The van der Waals surface area contributed by atoms with E-state index < -0.39 is 9.84 Å². The molecule has 1 amide bonds. The Balaban J connectivity index is 1.78. The highest BCUT2D eigenvalue weighted by Gasteiger charge is 2.35. The van der Waals surface area contributed by atoms with Crippen LogP contribution in [0.25, 0.3) is 0 Å². The van der Waals surface area contributed by atoms with Gasteiger partial charge in [-0.15, -0.1) is 0 Å². The quantitative estimate of drug-likeness (QED) is 0.630. The minimum atomic E-state index is -3.09.